The van der Waals surface area contributed by atoms with Crippen molar-refractivity contribution < 1.29 is 9.13 Å². The zero-order valence-corrected chi connectivity index (χ0v) is 20.0. The molecule has 33 heavy (non-hydrogen) atoms. The van der Waals surface area contributed by atoms with Crippen LogP contribution in [-0.2, 0) is 11.2 Å². The van der Waals surface area contributed by atoms with Crippen molar-refractivity contribution in [1.29, 1.82) is 0 Å². The third kappa shape index (κ3) is 6.98. The van der Waals surface area contributed by atoms with Crippen LogP contribution in [-0.4, -0.2) is 61.0 Å². The topological polar surface area (TPSA) is 65.6 Å². The lowest BCUT2D eigenvalue weighted by atomic mass is 10.0. The lowest BCUT2D eigenvalue weighted by molar-refractivity contribution is 0.122. The molecular formula is C24H33FN6OS. The summed E-state index contributed by atoms with van der Waals surface area (Å²) in [4.78, 5) is 14.1. The standard InChI is InChI=1S/C24H33FN6OS/c1-18-4-3-11-31(17-18)22-16-21(30-12-14-32-15-13-30)27-23(28-22)29-24(33)26-10-2-5-19-6-8-20(25)9-7-19/h6-9,16,18H,2-5,10-15,17H2,1H3,(H2,26,27,28,29,33)/t18-/m0/s1. The maximum Gasteiger partial charge on any atom is 0.232 e. The van der Waals surface area contributed by atoms with Gasteiger partial charge in [0.05, 0.1) is 13.2 Å². The Morgan fingerprint density at radius 3 is 2.58 bits per heavy atom. The van der Waals surface area contributed by atoms with Crippen LogP contribution >= 0.6 is 12.2 Å². The van der Waals surface area contributed by atoms with Gasteiger partial charge < -0.3 is 25.2 Å². The monoisotopic (exact) mass is 472 g/mol. The summed E-state index contributed by atoms with van der Waals surface area (Å²) in [5, 5.41) is 6.92. The Morgan fingerprint density at radius 1 is 1.12 bits per heavy atom. The quantitative estimate of drug-likeness (QED) is 0.468. The normalized spacial score (nSPS) is 18.8. The van der Waals surface area contributed by atoms with Gasteiger partial charge in [-0.25, -0.2) is 4.39 Å². The highest BCUT2D eigenvalue weighted by Gasteiger charge is 2.21. The molecule has 0 bridgehead atoms. The minimum absolute atomic E-state index is 0.208. The van der Waals surface area contributed by atoms with Crippen LogP contribution in [0.1, 0.15) is 31.7 Å². The summed E-state index contributed by atoms with van der Waals surface area (Å²) in [7, 11) is 0. The second-order valence-corrected chi connectivity index (χ2v) is 9.22. The van der Waals surface area contributed by atoms with Crippen LogP contribution in [0, 0.1) is 11.7 Å². The van der Waals surface area contributed by atoms with Crippen LogP contribution in [0.2, 0.25) is 0 Å². The third-order valence-corrected chi connectivity index (χ3v) is 6.33. The highest BCUT2D eigenvalue weighted by molar-refractivity contribution is 7.80. The highest BCUT2D eigenvalue weighted by Crippen LogP contribution is 2.26. The van der Waals surface area contributed by atoms with E-state index in [9.17, 15) is 4.39 Å². The zero-order chi connectivity index (χ0) is 23.0. The third-order valence-electron chi connectivity index (χ3n) is 6.08. The molecule has 0 spiro atoms. The van der Waals surface area contributed by atoms with Gasteiger partial charge in [-0.1, -0.05) is 19.1 Å². The Balaban J connectivity index is 1.37. The number of ether oxygens (including phenoxy) is 1. The second-order valence-electron chi connectivity index (χ2n) is 8.81. The molecule has 2 fully saturated rings. The van der Waals surface area contributed by atoms with Crippen LogP contribution in [0.15, 0.2) is 30.3 Å². The Bertz CT molecular complexity index is 922. The SMILES string of the molecule is C[C@H]1CCCN(c2cc(N3CCOCC3)nc(NC(=S)NCCCc3ccc(F)cc3)n2)C1. The van der Waals surface area contributed by atoms with Gasteiger partial charge in [-0.2, -0.15) is 9.97 Å². The van der Waals surface area contributed by atoms with Gasteiger partial charge in [0, 0.05) is 38.8 Å². The van der Waals surface area contributed by atoms with E-state index in [1.54, 1.807) is 0 Å². The average Bonchev–Trinajstić information content (AvgIpc) is 2.83. The fourth-order valence-electron chi connectivity index (χ4n) is 4.28. The predicted molar refractivity (Wildman–Crippen MR) is 135 cm³/mol. The molecule has 1 atom stereocenters. The molecule has 1 aromatic carbocycles. The maximum absolute atomic E-state index is 13.0. The van der Waals surface area contributed by atoms with E-state index in [1.165, 1.54) is 25.0 Å². The van der Waals surface area contributed by atoms with Gasteiger partial charge in [-0.3, -0.25) is 0 Å². The van der Waals surface area contributed by atoms with Gasteiger partial charge in [0.1, 0.15) is 17.5 Å². The largest absolute Gasteiger partial charge is 0.378 e. The van der Waals surface area contributed by atoms with Crippen molar-refractivity contribution in [2.24, 2.45) is 5.92 Å². The van der Waals surface area contributed by atoms with Crippen LogP contribution < -0.4 is 20.4 Å². The summed E-state index contributed by atoms with van der Waals surface area (Å²) in [5.41, 5.74) is 1.11. The van der Waals surface area contributed by atoms with Crippen molar-refractivity contribution >= 4 is 34.9 Å². The van der Waals surface area contributed by atoms with Gasteiger partial charge in [-0.15, -0.1) is 0 Å². The Labute approximate surface area is 200 Å². The van der Waals surface area contributed by atoms with Crippen LogP contribution in [0.25, 0.3) is 0 Å². The van der Waals surface area contributed by atoms with Crippen molar-refractivity contribution in [3.8, 4) is 0 Å². The van der Waals surface area contributed by atoms with Crippen molar-refractivity contribution in [2.45, 2.75) is 32.6 Å². The molecular weight excluding hydrogens is 439 g/mol. The minimum atomic E-state index is -0.208. The first kappa shape index (κ1) is 23.6. The van der Waals surface area contributed by atoms with Crippen molar-refractivity contribution in [3.63, 3.8) is 0 Å². The van der Waals surface area contributed by atoms with Crippen LogP contribution in [0.3, 0.4) is 0 Å². The minimum Gasteiger partial charge on any atom is -0.378 e. The molecule has 3 heterocycles. The molecule has 9 heteroatoms. The molecule has 0 radical (unpaired) electrons. The maximum atomic E-state index is 13.0. The lowest BCUT2D eigenvalue weighted by Crippen LogP contribution is -2.38. The van der Waals surface area contributed by atoms with E-state index in [-0.39, 0.29) is 5.82 Å². The Morgan fingerprint density at radius 2 is 1.85 bits per heavy atom. The van der Waals surface area contributed by atoms with Gasteiger partial charge in [0.2, 0.25) is 5.95 Å². The van der Waals surface area contributed by atoms with Crippen molar-refractivity contribution in [2.75, 3.05) is 61.1 Å². The Kier molecular flexibility index (Phi) is 8.28. The van der Waals surface area contributed by atoms with E-state index in [2.05, 4.69) is 33.4 Å². The molecule has 1 aromatic heterocycles. The fourth-order valence-corrected chi connectivity index (χ4v) is 4.48. The molecule has 2 aromatic rings. The molecule has 2 aliphatic rings. The number of aryl methyl sites for hydroxylation is 1. The van der Waals surface area contributed by atoms with E-state index in [4.69, 9.17) is 26.9 Å². The number of piperidine rings is 1. The molecule has 4 rings (SSSR count). The second kappa shape index (κ2) is 11.6. The molecule has 0 saturated carbocycles. The first-order valence-electron chi connectivity index (χ1n) is 11.8. The fraction of sp³-hybridized carbons (Fsp3) is 0.542. The summed E-state index contributed by atoms with van der Waals surface area (Å²) in [6.07, 6.45) is 4.18. The van der Waals surface area contributed by atoms with Gasteiger partial charge >= 0.3 is 0 Å². The number of anilines is 3. The highest BCUT2D eigenvalue weighted by atomic mass is 32.1. The summed E-state index contributed by atoms with van der Waals surface area (Å²) in [5.74, 6) is 2.81. The summed E-state index contributed by atoms with van der Waals surface area (Å²) in [6.45, 7) is 8.06. The molecule has 2 aliphatic heterocycles. The first-order valence-corrected chi connectivity index (χ1v) is 12.2. The van der Waals surface area contributed by atoms with Crippen molar-refractivity contribution in [3.05, 3.63) is 41.7 Å². The number of morpholine rings is 1. The zero-order valence-electron chi connectivity index (χ0n) is 19.2. The molecule has 0 unspecified atom stereocenters. The van der Waals surface area contributed by atoms with E-state index >= 15 is 0 Å². The number of hydrogen-bond donors (Lipinski definition) is 2. The van der Waals surface area contributed by atoms with E-state index in [1.807, 2.05) is 12.1 Å². The van der Waals surface area contributed by atoms with E-state index < -0.39 is 0 Å². The van der Waals surface area contributed by atoms with Crippen molar-refractivity contribution in [1.82, 2.24) is 15.3 Å². The summed E-state index contributed by atoms with van der Waals surface area (Å²) >= 11 is 5.50. The molecule has 2 saturated heterocycles. The summed E-state index contributed by atoms with van der Waals surface area (Å²) < 4.78 is 18.5. The number of benzene rings is 1. The van der Waals surface area contributed by atoms with Crippen LogP contribution in [0.4, 0.5) is 22.0 Å². The first-order chi connectivity index (χ1) is 16.1. The number of halogens is 1. The van der Waals surface area contributed by atoms with E-state index in [0.717, 1.165) is 56.2 Å². The van der Waals surface area contributed by atoms with E-state index in [0.29, 0.717) is 36.7 Å². The number of nitrogens with zero attached hydrogens (tertiary/aromatic N) is 4. The molecule has 0 aliphatic carbocycles. The molecule has 0 amide bonds. The molecule has 7 nitrogen and oxygen atoms in total. The number of hydrogen-bond acceptors (Lipinski definition) is 6. The van der Waals surface area contributed by atoms with Gasteiger partial charge in [0.15, 0.2) is 5.11 Å². The van der Waals surface area contributed by atoms with Gasteiger partial charge in [0.25, 0.3) is 0 Å². The molecule has 178 valence electrons. The van der Waals surface area contributed by atoms with Gasteiger partial charge in [-0.05, 0) is 61.5 Å². The average molecular weight is 473 g/mol. The molecule has 2 N–H and O–H groups in total. The predicted octanol–water partition coefficient (Wildman–Crippen LogP) is 3.61. The number of rotatable bonds is 7. The lowest BCUT2D eigenvalue weighted by Gasteiger charge is -2.33. The summed E-state index contributed by atoms with van der Waals surface area (Å²) in [6, 6.07) is 8.72. The van der Waals surface area contributed by atoms with Crippen LogP contribution in [0.5, 0.6) is 0 Å². The smallest absolute Gasteiger partial charge is 0.232 e. The Hall–Kier alpha value is -2.52. The number of nitrogens with one attached hydrogen (secondary N) is 2. The number of thiocarbonyl (C=S) groups is 1. The number of aromatic nitrogens is 2.